The number of hydrogen-bond donors (Lipinski definition) is 1. The summed E-state index contributed by atoms with van der Waals surface area (Å²) in [6, 6.07) is 18.4. The summed E-state index contributed by atoms with van der Waals surface area (Å²) in [6.45, 7) is 6.63. The lowest BCUT2D eigenvalue weighted by molar-refractivity contribution is -0.132. The van der Waals surface area contributed by atoms with Crippen LogP contribution < -0.4 is 14.4 Å². The Morgan fingerprint density at radius 2 is 1.69 bits per heavy atom. The van der Waals surface area contributed by atoms with Gasteiger partial charge in [0.25, 0.3) is 11.7 Å². The number of hydrogen-bond acceptors (Lipinski definition) is 5. The summed E-state index contributed by atoms with van der Waals surface area (Å²) in [5, 5.41) is 11.8. The number of methoxy groups -OCH3 is 1. The van der Waals surface area contributed by atoms with Gasteiger partial charge in [0, 0.05) is 10.7 Å². The van der Waals surface area contributed by atoms with Crippen LogP contribution in [-0.2, 0) is 9.59 Å². The highest BCUT2D eigenvalue weighted by molar-refractivity contribution is 6.51. The van der Waals surface area contributed by atoms with E-state index in [1.165, 1.54) is 18.1 Å². The van der Waals surface area contributed by atoms with Crippen molar-refractivity contribution in [1.82, 2.24) is 0 Å². The van der Waals surface area contributed by atoms with Crippen LogP contribution in [-0.4, -0.2) is 30.5 Å². The first-order valence-corrected chi connectivity index (χ1v) is 12.0. The van der Waals surface area contributed by atoms with E-state index < -0.39 is 17.7 Å². The van der Waals surface area contributed by atoms with Gasteiger partial charge < -0.3 is 14.6 Å². The van der Waals surface area contributed by atoms with E-state index in [0.29, 0.717) is 40.3 Å². The third kappa shape index (κ3) is 4.95. The van der Waals surface area contributed by atoms with Crippen LogP contribution in [0.15, 0.2) is 72.3 Å². The van der Waals surface area contributed by atoms with Crippen molar-refractivity contribution in [3.8, 4) is 11.5 Å². The number of amides is 1. The average molecular weight is 506 g/mol. The van der Waals surface area contributed by atoms with Gasteiger partial charge in [-0.05, 0) is 60.9 Å². The molecule has 0 radical (unpaired) electrons. The maximum atomic E-state index is 13.4. The van der Waals surface area contributed by atoms with Crippen molar-refractivity contribution in [2.24, 2.45) is 5.92 Å². The molecule has 1 atom stereocenters. The van der Waals surface area contributed by atoms with Crippen LogP contribution in [0.2, 0.25) is 5.02 Å². The first-order valence-electron chi connectivity index (χ1n) is 11.7. The van der Waals surface area contributed by atoms with Crippen molar-refractivity contribution in [2.75, 3.05) is 18.6 Å². The highest BCUT2D eigenvalue weighted by atomic mass is 35.5. The Morgan fingerprint density at radius 1 is 1.03 bits per heavy atom. The van der Waals surface area contributed by atoms with Gasteiger partial charge in [-0.3, -0.25) is 14.5 Å². The van der Waals surface area contributed by atoms with E-state index in [2.05, 4.69) is 13.8 Å². The van der Waals surface area contributed by atoms with Crippen molar-refractivity contribution < 1.29 is 24.2 Å². The molecule has 6 nitrogen and oxygen atoms in total. The highest BCUT2D eigenvalue weighted by Gasteiger charge is 2.47. The molecule has 1 N–H and O–H groups in total. The first-order chi connectivity index (χ1) is 17.2. The van der Waals surface area contributed by atoms with Crippen LogP contribution in [0.1, 0.15) is 36.6 Å². The van der Waals surface area contributed by atoms with Crippen LogP contribution in [0.5, 0.6) is 11.5 Å². The summed E-state index contributed by atoms with van der Waals surface area (Å²) < 4.78 is 11.2. The van der Waals surface area contributed by atoms with Crippen molar-refractivity contribution in [2.45, 2.75) is 26.8 Å². The number of halogens is 1. The molecule has 0 aromatic heterocycles. The number of rotatable bonds is 7. The number of ketones is 1. The number of nitrogens with zero attached hydrogens (tertiary/aromatic N) is 1. The van der Waals surface area contributed by atoms with Gasteiger partial charge in [-0.2, -0.15) is 0 Å². The highest BCUT2D eigenvalue weighted by Crippen LogP contribution is 2.44. The quantitative estimate of drug-likeness (QED) is 0.231. The second-order valence-corrected chi connectivity index (χ2v) is 9.56. The summed E-state index contributed by atoms with van der Waals surface area (Å²) in [5.41, 5.74) is 2.40. The smallest absolute Gasteiger partial charge is 0.300 e. The lowest BCUT2D eigenvalue weighted by Crippen LogP contribution is -2.29. The van der Waals surface area contributed by atoms with Gasteiger partial charge >= 0.3 is 0 Å². The average Bonchev–Trinajstić information content (AvgIpc) is 3.13. The molecule has 36 heavy (non-hydrogen) atoms. The molecule has 3 aromatic carbocycles. The Labute approximate surface area is 215 Å². The third-order valence-corrected chi connectivity index (χ3v) is 6.19. The van der Waals surface area contributed by atoms with Gasteiger partial charge in [0.15, 0.2) is 0 Å². The second kappa shape index (κ2) is 10.5. The van der Waals surface area contributed by atoms with Crippen LogP contribution in [0, 0.1) is 12.8 Å². The monoisotopic (exact) mass is 505 g/mol. The molecule has 1 amide bonds. The van der Waals surface area contributed by atoms with E-state index in [0.717, 1.165) is 5.56 Å². The van der Waals surface area contributed by atoms with Gasteiger partial charge in [-0.15, -0.1) is 0 Å². The fraction of sp³-hybridized carbons (Fsp3) is 0.241. The molecule has 1 unspecified atom stereocenters. The van der Waals surface area contributed by atoms with Crippen LogP contribution in [0.25, 0.3) is 5.76 Å². The Balaban J connectivity index is 1.89. The first kappa shape index (κ1) is 25.3. The zero-order valence-corrected chi connectivity index (χ0v) is 21.4. The molecule has 0 spiro atoms. The number of ether oxygens (including phenoxy) is 2. The molecule has 1 aliphatic heterocycles. The molecule has 1 fully saturated rings. The van der Waals surface area contributed by atoms with E-state index in [-0.39, 0.29) is 16.9 Å². The molecule has 1 saturated heterocycles. The van der Waals surface area contributed by atoms with Gasteiger partial charge in [0.05, 0.1) is 30.9 Å². The Bertz CT molecular complexity index is 1310. The summed E-state index contributed by atoms with van der Waals surface area (Å²) >= 11 is 6.19. The number of anilines is 1. The largest absolute Gasteiger partial charge is 0.507 e. The Kier molecular flexibility index (Phi) is 7.36. The maximum Gasteiger partial charge on any atom is 0.300 e. The van der Waals surface area contributed by atoms with Gasteiger partial charge in [0.2, 0.25) is 0 Å². The summed E-state index contributed by atoms with van der Waals surface area (Å²) in [7, 11) is 1.46. The standard InChI is InChI=1S/C29H28ClNO5/c1-17(2)16-36-22-12-7-19(8-13-22)26-25(27(32)23-15-20(30)9-14-24(23)35-4)28(33)29(34)31(26)21-10-5-18(3)6-11-21/h5-15,17,26,32H,16H2,1-4H3/b27-25+. The van der Waals surface area contributed by atoms with Crippen molar-refractivity contribution in [3.63, 3.8) is 0 Å². The van der Waals surface area contributed by atoms with Gasteiger partial charge in [-0.1, -0.05) is 55.3 Å². The van der Waals surface area contributed by atoms with Gasteiger partial charge in [0.1, 0.15) is 17.3 Å². The number of aliphatic hydroxyl groups is 1. The minimum atomic E-state index is -0.865. The van der Waals surface area contributed by atoms with Crippen LogP contribution >= 0.6 is 11.6 Å². The molecular weight excluding hydrogens is 478 g/mol. The summed E-state index contributed by atoms with van der Waals surface area (Å²) in [4.78, 5) is 28.1. The number of aliphatic hydroxyl groups excluding tert-OH is 1. The number of Topliss-reactive ketones (excluding diaryl/α,β-unsaturated/α-hetero) is 1. The fourth-order valence-electron chi connectivity index (χ4n) is 4.14. The van der Waals surface area contributed by atoms with E-state index in [9.17, 15) is 14.7 Å². The molecule has 7 heteroatoms. The number of carbonyl (C=O) groups is 2. The number of carbonyl (C=O) groups excluding carboxylic acids is 2. The molecule has 1 heterocycles. The fourth-order valence-corrected chi connectivity index (χ4v) is 4.31. The van der Waals surface area contributed by atoms with Gasteiger partial charge in [-0.25, -0.2) is 0 Å². The van der Waals surface area contributed by atoms with Crippen LogP contribution in [0.3, 0.4) is 0 Å². The van der Waals surface area contributed by atoms with Crippen molar-refractivity contribution >= 4 is 34.7 Å². The SMILES string of the molecule is COc1ccc(Cl)cc1/C(O)=C1\C(=O)C(=O)N(c2ccc(C)cc2)C1c1ccc(OCC(C)C)cc1. The topological polar surface area (TPSA) is 76.1 Å². The Hall–Kier alpha value is -3.77. The molecule has 0 saturated carbocycles. The second-order valence-electron chi connectivity index (χ2n) is 9.12. The van der Waals surface area contributed by atoms with E-state index in [1.807, 2.05) is 19.1 Å². The zero-order chi connectivity index (χ0) is 26.0. The molecule has 3 aromatic rings. The number of benzene rings is 3. The zero-order valence-electron chi connectivity index (χ0n) is 20.6. The molecule has 4 rings (SSSR count). The lowest BCUT2D eigenvalue weighted by Gasteiger charge is -2.26. The molecule has 1 aliphatic rings. The lowest BCUT2D eigenvalue weighted by atomic mass is 9.94. The van der Waals surface area contributed by atoms with E-state index in [1.54, 1.807) is 48.5 Å². The minimum Gasteiger partial charge on any atom is -0.507 e. The molecule has 186 valence electrons. The predicted molar refractivity (Wildman–Crippen MR) is 141 cm³/mol. The molecule has 0 aliphatic carbocycles. The van der Waals surface area contributed by atoms with Crippen molar-refractivity contribution in [3.05, 3.63) is 94.0 Å². The molecular formula is C29H28ClNO5. The predicted octanol–water partition coefficient (Wildman–Crippen LogP) is 6.32. The van der Waals surface area contributed by atoms with E-state index in [4.69, 9.17) is 21.1 Å². The Morgan fingerprint density at radius 3 is 2.31 bits per heavy atom. The third-order valence-electron chi connectivity index (χ3n) is 5.95. The maximum absolute atomic E-state index is 13.4. The van der Waals surface area contributed by atoms with E-state index >= 15 is 0 Å². The normalized spacial score (nSPS) is 17.1. The molecule has 0 bridgehead atoms. The summed E-state index contributed by atoms with van der Waals surface area (Å²) in [6.07, 6.45) is 0. The minimum absolute atomic E-state index is 0.0445. The van der Waals surface area contributed by atoms with Crippen molar-refractivity contribution in [1.29, 1.82) is 0 Å². The number of aryl methyl sites for hydroxylation is 1. The van der Waals surface area contributed by atoms with Crippen LogP contribution in [0.4, 0.5) is 5.69 Å². The summed E-state index contributed by atoms with van der Waals surface area (Å²) in [5.74, 6) is -0.504.